The average molecular weight is 341 g/mol. The molecule has 0 aromatic carbocycles. The summed E-state index contributed by atoms with van der Waals surface area (Å²) in [7, 11) is 1.67. The molecule has 2 rings (SSSR count). The van der Waals surface area contributed by atoms with Gasteiger partial charge in [-0.05, 0) is 38.5 Å². The van der Waals surface area contributed by atoms with E-state index in [1.165, 1.54) is 51.4 Å². The molecule has 4 nitrogen and oxygen atoms in total. The van der Waals surface area contributed by atoms with E-state index < -0.39 is 0 Å². The molecule has 0 aromatic heterocycles. The minimum absolute atomic E-state index is 0.0253. The Bertz CT molecular complexity index is 346. The van der Waals surface area contributed by atoms with E-state index in [2.05, 4.69) is 0 Å². The molecule has 140 valence electrons. The molecule has 0 aromatic rings. The first-order valence-electron chi connectivity index (χ1n) is 9.99. The third kappa shape index (κ3) is 6.81. The third-order valence-corrected chi connectivity index (χ3v) is 5.64. The number of ketones is 1. The zero-order chi connectivity index (χ0) is 17.2. The molecule has 0 heterocycles. The number of hydrogen-bond donors (Lipinski definition) is 0. The van der Waals surface area contributed by atoms with E-state index in [1.807, 2.05) is 6.92 Å². The molecule has 24 heavy (non-hydrogen) atoms. The highest BCUT2D eigenvalue weighted by Crippen LogP contribution is 2.33. The minimum Gasteiger partial charge on any atom is -0.382 e. The first-order chi connectivity index (χ1) is 11.7. The van der Waals surface area contributed by atoms with Crippen LogP contribution in [0.15, 0.2) is 0 Å². The van der Waals surface area contributed by atoms with Crippen LogP contribution < -0.4 is 0 Å². The van der Waals surface area contributed by atoms with Crippen molar-refractivity contribution >= 4 is 5.78 Å². The molecule has 2 aliphatic carbocycles. The molecule has 0 radical (unpaired) electrons. The van der Waals surface area contributed by atoms with Gasteiger partial charge in [-0.3, -0.25) is 4.79 Å². The number of methoxy groups -OCH3 is 1. The van der Waals surface area contributed by atoms with Gasteiger partial charge in [0.05, 0.1) is 19.3 Å². The van der Waals surface area contributed by atoms with Crippen LogP contribution >= 0.6 is 0 Å². The lowest BCUT2D eigenvalue weighted by molar-refractivity contribution is -0.182. The van der Waals surface area contributed by atoms with Crippen LogP contribution in [0.3, 0.4) is 0 Å². The van der Waals surface area contributed by atoms with Crippen molar-refractivity contribution < 1.29 is 19.0 Å². The summed E-state index contributed by atoms with van der Waals surface area (Å²) in [6.07, 6.45) is 12.4. The molecule has 2 fully saturated rings. The molecule has 4 heteroatoms. The van der Waals surface area contributed by atoms with Crippen molar-refractivity contribution in [1.82, 2.24) is 0 Å². The lowest BCUT2D eigenvalue weighted by Gasteiger charge is -2.33. The van der Waals surface area contributed by atoms with Crippen LogP contribution in [0.4, 0.5) is 0 Å². The zero-order valence-electron chi connectivity index (χ0n) is 15.6. The summed E-state index contributed by atoms with van der Waals surface area (Å²) in [4.78, 5) is 12.8. The number of rotatable bonds is 10. The van der Waals surface area contributed by atoms with E-state index >= 15 is 0 Å². The Labute approximate surface area is 147 Å². The van der Waals surface area contributed by atoms with Gasteiger partial charge in [-0.15, -0.1) is 0 Å². The van der Waals surface area contributed by atoms with E-state index in [1.54, 1.807) is 7.11 Å². The van der Waals surface area contributed by atoms with Crippen LogP contribution in [0, 0.1) is 11.8 Å². The van der Waals surface area contributed by atoms with Crippen LogP contribution in [0.1, 0.15) is 77.6 Å². The molecule has 0 spiro atoms. The van der Waals surface area contributed by atoms with E-state index in [9.17, 15) is 4.79 Å². The molecule has 0 amide bonds. The summed E-state index contributed by atoms with van der Waals surface area (Å²) in [5.74, 6) is 1.22. The number of carbonyl (C=O) groups is 1. The highest BCUT2D eigenvalue weighted by molar-refractivity contribution is 5.81. The fourth-order valence-electron chi connectivity index (χ4n) is 4.20. The molecular weight excluding hydrogens is 304 g/mol. The van der Waals surface area contributed by atoms with Crippen LogP contribution in [0.2, 0.25) is 0 Å². The predicted molar refractivity (Wildman–Crippen MR) is 94.9 cm³/mol. The predicted octanol–water partition coefficient (Wildman–Crippen LogP) is 4.50. The number of hydrogen-bond acceptors (Lipinski definition) is 4. The lowest BCUT2D eigenvalue weighted by Crippen LogP contribution is -2.34. The van der Waals surface area contributed by atoms with Crippen molar-refractivity contribution in [2.75, 3.05) is 20.3 Å². The summed E-state index contributed by atoms with van der Waals surface area (Å²) in [6, 6.07) is 0. The summed E-state index contributed by atoms with van der Waals surface area (Å²) in [6.45, 7) is 3.05. The molecule has 2 unspecified atom stereocenters. The van der Waals surface area contributed by atoms with Crippen molar-refractivity contribution in [1.29, 1.82) is 0 Å². The normalized spacial score (nSPS) is 23.1. The fourth-order valence-corrected chi connectivity index (χ4v) is 4.20. The van der Waals surface area contributed by atoms with E-state index in [0.717, 1.165) is 12.8 Å². The summed E-state index contributed by atoms with van der Waals surface area (Å²) in [5, 5.41) is 0. The zero-order valence-corrected chi connectivity index (χ0v) is 15.6. The average Bonchev–Trinajstić information content (AvgIpc) is 2.63. The molecular formula is C20H36O4. The first kappa shape index (κ1) is 19.9. The highest BCUT2D eigenvalue weighted by atomic mass is 16.7. The second-order valence-corrected chi connectivity index (χ2v) is 7.51. The number of ether oxygens (including phenoxy) is 3. The second-order valence-electron chi connectivity index (χ2n) is 7.51. The maximum atomic E-state index is 12.8. The molecule has 0 aliphatic heterocycles. The number of carbonyl (C=O) groups excluding carboxylic acids is 1. The topological polar surface area (TPSA) is 44.8 Å². The van der Waals surface area contributed by atoms with Crippen molar-refractivity contribution in [3.05, 3.63) is 0 Å². The molecule has 0 saturated heterocycles. The summed E-state index contributed by atoms with van der Waals surface area (Å²) in [5.41, 5.74) is 0. The van der Waals surface area contributed by atoms with Gasteiger partial charge < -0.3 is 14.2 Å². The Hall–Kier alpha value is -0.450. The SMILES string of the molecule is COCCOC(C)OC(CC(=O)C1CCCCC1)C1CCCCC1. The third-order valence-electron chi connectivity index (χ3n) is 5.64. The van der Waals surface area contributed by atoms with E-state index in [-0.39, 0.29) is 18.3 Å². The molecule has 0 N–H and O–H groups in total. The first-order valence-corrected chi connectivity index (χ1v) is 9.99. The minimum atomic E-state index is -0.272. The molecule has 2 aliphatic rings. The maximum Gasteiger partial charge on any atom is 0.155 e. The largest absolute Gasteiger partial charge is 0.382 e. The van der Waals surface area contributed by atoms with Crippen LogP contribution in [0.5, 0.6) is 0 Å². The Balaban J connectivity index is 1.87. The van der Waals surface area contributed by atoms with E-state index in [0.29, 0.717) is 31.3 Å². The van der Waals surface area contributed by atoms with Crippen LogP contribution in [-0.2, 0) is 19.0 Å². The van der Waals surface area contributed by atoms with Crippen molar-refractivity contribution in [2.45, 2.75) is 89.9 Å². The van der Waals surface area contributed by atoms with Gasteiger partial charge in [-0.1, -0.05) is 38.5 Å². The van der Waals surface area contributed by atoms with Crippen LogP contribution in [0.25, 0.3) is 0 Å². The lowest BCUT2D eigenvalue weighted by atomic mass is 9.79. The molecule has 2 atom stereocenters. The Kier molecular flexibility index (Phi) is 9.29. The second kappa shape index (κ2) is 11.2. The van der Waals surface area contributed by atoms with Gasteiger partial charge in [0.25, 0.3) is 0 Å². The molecule has 2 saturated carbocycles. The monoisotopic (exact) mass is 340 g/mol. The Morgan fingerprint density at radius 1 is 0.958 bits per heavy atom. The standard InChI is InChI=1S/C20H36O4/c1-16(23-14-13-22-2)24-20(18-11-7-4-8-12-18)15-19(21)17-9-5-3-6-10-17/h16-18,20H,3-15H2,1-2H3. The Morgan fingerprint density at radius 2 is 1.58 bits per heavy atom. The van der Waals surface area contributed by atoms with Gasteiger partial charge in [-0.2, -0.15) is 0 Å². The van der Waals surface area contributed by atoms with Crippen molar-refractivity contribution in [3.63, 3.8) is 0 Å². The summed E-state index contributed by atoms with van der Waals surface area (Å²) >= 11 is 0. The van der Waals surface area contributed by atoms with Crippen molar-refractivity contribution in [2.24, 2.45) is 11.8 Å². The van der Waals surface area contributed by atoms with Gasteiger partial charge in [0.15, 0.2) is 6.29 Å². The quantitative estimate of drug-likeness (QED) is 0.434. The Morgan fingerprint density at radius 3 is 2.21 bits per heavy atom. The summed E-state index contributed by atoms with van der Waals surface area (Å²) < 4.78 is 16.9. The maximum absolute atomic E-state index is 12.8. The van der Waals surface area contributed by atoms with Gasteiger partial charge in [0, 0.05) is 19.4 Å². The fraction of sp³-hybridized carbons (Fsp3) is 0.950. The smallest absolute Gasteiger partial charge is 0.155 e. The molecule has 0 bridgehead atoms. The van der Waals surface area contributed by atoms with Gasteiger partial charge in [-0.25, -0.2) is 0 Å². The highest BCUT2D eigenvalue weighted by Gasteiger charge is 2.31. The van der Waals surface area contributed by atoms with Crippen LogP contribution in [-0.4, -0.2) is 38.5 Å². The van der Waals surface area contributed by atoms with Crippen molar-refractivity contribution in [3.8, 4) is 0 Å². The van der Waals surface area contributed by atoms with Gasteiger partial charge in [0.2, 0.25) is 0 Å². The van der Waals surface area contributed by atoms with Gasteiger partial charge >= 0.3 is 0 Å². The van der Waals surface area contributed by atoms with Gasteiger partial charge in [0.1, 0.15) is 5.78 Å². The number of Topliss-reactive ketones (excluding diaryl/α,β-unsaturated/α-hetero) is 1. The van der Waals surface area contributed by atoms with E-state index in [4.69, 9.17) is 14.2 Å².